The summed E-state index contributed by atoms with van der Waals surface area (Å²) in [6, 6.07) is 21.3. The summed E-state index contributed by atoms with van der Waals surface area (Å²) in [6.07, 6.45) is 6.73. The number of hydrogen-bond acceptors (Lipinski definition) is 6. The second-order valence-corrected chi connectivity index (χ2v) is 12.0. The van der Waals surface area contributed by atoms with Gasteiger partial charge < -0.3 is 14.8 Å². The highest BCUT2D eigenvalue weighted by molar-refractivity contribution is 6.01. The number of benzene rings is 2. The van der Waals surface area contributed by atoms with Crippen molar-refractivity contribution in [1.82, 2.24) is 25.4 Å². The molecule has 0 spiro atoms. The molecule has 41 heavy (non-hydrogen) atoms. The molecule has 2 bridgehead atoms. The number of piperidine rings is 1. The van der Waals surface area contributed by atoms with E-state index in [1.807, 2.05) is 48.5 Å². The predicted octanol–water partition coefficient (Wildman–Crippen LogP) is 5.53. The van der Waals surface area contributed by atoms with Crippen LogP contribution in [-0.4, -0.2) is 63.4 Å². The first-order valence-corrected chi connectivity index (χ1v) is 14.9. The molecule has 4 aromatic rings. The van der Waals surface area contributed by atoms with Crippen molar-refractivity contribution in [3.63, 3.8) is 0 Å². The molecule has 0 radical (unpaired) electrons. The first-order valence-electron chi connectivity index (χ1n) is 14.9. The van der Waals surface area contributed by atoms with Gasteiger partial charge in [0.1, 0.15) is 11.9 Å². The fraction of sp³-hybridized carbons (Fsp3) is 0.424. The lowest BCUT2D eigenvalue weighted by atomic mass is 9.96. The molecule has 8 nitrogen and oxygen atoms in total. The molecule has 7 rings (SSSR count). The summed E-state index contributed by atoms with van der Waals surface area (Å²) in [5.74, 6) is 0.965. The Labute approximate surface area is 240 Å². The zero-order valence-electron chi connectivity index (χ0n) is 23.6. The molecule has 3 aliphatic heterocycles. The van der Waals surface area contributed by atoms with Crippen molar-refractivity contribution in [2.24, 2.45) is 5.92 Å². The molecule has 3 fully saturated rings. The molecule has 2 aromatic carbocycles. The molecular weight excluding hydrogens is 514 g/mol. The predicted molar refractivity (Wildman–Crippen MR) is 158 cm³/mol. The van der Waals surface area contributed by atoms with Gasteiger partial charge in [0.15, 0.2) is 0 Å². The van der Waals surface area contributed by atoms with Crippen molar-refractivity contribution in [1.29, 1.82) is 0 Å². The molecule has 0 saturated carbocycles. The molecule has 0 aliphatic carbocycles. The lowest BCUT2D eigenvalue weighted by Crippen LogP contribution is -2.57. The number of nitrogens with one attached hydrogen (secondary N) is 2. The molecule has 4 atom stereocenters. The van der Waals surface area contributed by atoms with Gasteiger partial charge in [-0.1, -0.05) is 19.9 Å². The highest BCUT2D eigenvalue weighted by Gasteiger charge is 2.46. The topological polar surface area (TPSA) is 92.4 Å². The second kappa shape index (κ2) is 10.9. The van der Waals surface area contributed by atoms with Crippen LogP contribution in [0.4, 0.5) is 0 Å². The van der Waals surface area contributed by atoms with Crippen LogP contribution in [0.1, 0.15) is 61.6 Å². The smallest absolute Gasteiger partial charge is 0.251 e. The zero-order chi connectivity index (χ0) is 27.9. The third-order valence-electron chi connectivity index (χ3n) is 9.00. The van der Waals surface area contributed by atoms with Crippen LogP contribution >= 0.6 is 0 Å². The number of hydrogen-bond donors (Lipinski definition) is 2. The average Bonchev–Trinajstić information content (AvgIpc) is 3.48. The Balaban J connectivity index is 1.05. The van der Waals surface area contributed by atoms with Gasteiger partial charge in [0.05, 0.1) is 42.2 Å². The van der Waals surface area contributed by atoms with E-state index in [0.717, 1.165) is 59.7 Å². The van der Waals surface area contributed by atoms with Crippen LogP contribution in [-0.2, 0) is 4.74 Å². The standard InChI is InChI=1S/C33H37N5O3/c1-20(2)31(30-5-3-4-14-34-30)35-33(39)22-8-13-29-28(15-22)32(37-36-29)21-6-11-26(12-7-21)41-27-16-23-9-10-24(17-27)38(23)25-18-40-19-25/h3-8,11-15,20,23-25,27,31H,9-10,16-19H2,1-2H3,(H,35,39)(H,36,37)/t23-,24+,27+,31?. The van der Waals surface area contributed by atoms with Crippen molar-refractivity contribution >= 4 is 16.8 Å². The Morgan fingerprint density at radius 2 is 1.80 bits per heavy atom. The first kappa shape index (κ1) is 26.2. The number of carbonyl (C=O) groups excluding carboxylic acids is 1. The largest absolute Gasteiger partial charge is 0.490 e. The number of carbonyl (C=O) groups is 1. The molecule has 8 heteroatoms. The quantitative estimate of drug-likeness (QED) is 0.299. The number of ether oxygens (including phenoxy) is 2. The van der Waals surface area contributed by atoms with Crippen LogP contribution in [0.2, 0.25) is 0 Å². The number of nitrogens with zero attached hydrogens (tertiary/aromatic N) is 3. The van der Waals surface area contributed by atoms with Crippen molar-refractivity contribution in [3.05, 3.63) is 78.1 Å². The molecule has 1 amide bonds. The minimum atomic E-state index is -0.176. The van der Waals surface area contributed by atoms with E-state index in [9.17, 15) is 4.79 Å². The van der Waals surface area contributed by atoms with Crippen LogP contribution in [0.3, 0.4) is 0 Å². The van der Waals surface area contributed by atoms with Gasteiger partial charge in [-0.05, 0) is 86.2 Å². The summed E-state index contributed by atoms with van der Waals surface area (Å²) < 4.78 is 11.9. The SMILES string of the molecule is CC(C)C(NC(=O)c1ccc2[nH]nc(-c3ccc(O[C@H]4C[C@H]5CC[C@@H](C4)N5C4COC4)cc3)c2c1)c1ccccn1. The number of H-pyrrole nitrogens is 1. The fourth-order valence-electron chi connectivity index (χ4n) is 6.88. The van der Waals surface area contributed by atoms with E-state index in [1.165, 1.54) is 12.8 Å². The number of aromatic amines is 1. The number of rotatable bonds is 8. The molecule has 1 unspecified atom stereocenters. The van der Waals surface area contributed by atoms with Crippen molar-refractivity contribution in [2.45, 2.75) is 69.8 Å². The number of aromatic nitrogens is 3. The molecule has 5 heterocycles. The van der Waals surface area contributed by atoms with Gasteiger partial charge in [-0.25, -0.2) is 0 Å². The molecule has 212 valence electrons. The van der Waals surface area contributed by atoms with Gasteiger partial charge in [-0.2, -0.15) is 5.10 Å². The third-order valence-corrected chi connectivity index (χ3v) is 9.00. The van der Waals surface area contributed by atoms with Gasteiger partial charge in [0.2, 0.25) is 0 Å². The summed E-state index contributed by atoms with van der Waals surface area (Å²) in [5, 5.41) is 11.8. The van der Waals surface area contributed by atoms with Crippen LogP contribution < -0.4 is 10.1 Å². The molecular formula is C33H37N5O3. The minimum Gasteiger partial charge on any atom is -0.490 e. The normalized spacial score (nSPS) is 23.4. The van der Waals surface area contributed by atoms with Gasteiger partial charge in [-0.3, -0.25) is 19.8 Å². The average molecular weight is 552 g/mol. The molecule has 3 saturated heterocycles. The molecule has 3 aliphatic rings. The number of pyridine rings is 1. The summed E-state index contributed by atoms with van der Waals surface area (Å²) in [7, 11) is 0. The zero-order valence-corrected chi connectivity index (χ0v) is 23.6. The van der Waals surface area contributed by atoms with Crippen LogP contribution in [0.5, 0.6) is 5.75 Å². The van der Waals surface area contributed by atoms with E-state index in [0.29, 0.717) is 23.7 Å². The van der Waals surface area contributed by atoms with E-state index in [2.05, 4.69) is 51.4 Å². The van der Waals surface area contributed by atoms with Gasteiger partial charge >= 0.3 is 0 Å². The second-order valence-electron chi connectivity index (χ2n) is 12.0. The van der Waals surface area contributed by atoms with E-state index < -0.39 is 0 Å². The van der Waals surface area contributed by atoms with E-state index >= 15 is 0 Å². The van der Waals surface area contributed by atoms with Gasteiger partial charge in [-0.15, -0.1) is 0 Å². The van der Waals surface area contributed by atoms with Crippen LogP contribution in [0.25, 0.3) is 22.2 Å². The monoisotopic (exact) mass is 551 g/mol. The lowest BCUT2D eigenvalue weighted by Gasteiger charge is -2.46. The van der Waals surface area contributed by atoms with E-state index in [4.69, 9.17) is 9.47 Å². The van der Waals surface area contributed by atoms with Crippen LogP contribution in [0.15, 0.2) is 66.9 Å². The Kier molecular flexibility index (Phi) is 6.96. The van der Waals surface area contributed by atoms with Crippen LogP contribution in [0, 0.1) is 5.92 Å². The number of fused-ring (bicyclic) bond motifs is 3. The first-order chi connectivity index (χ1) is 20.0. The highest BCUT2D eigenvalue weighted by atomic mass is 16.5. The summed E-state index contributed by atoms with van der Waals surface area (Å²) in [5.41, 5.74) is 4.14. The Hall–Kier alpha value is -3.75. The summed E-state index contributed by atoms with van der Waals surface area (Å²) in [4.78, 5) is 20.5. The maximum absolute atomic E-state index is 13.3. The fourth-order valence-corrected chi connectivity index (χ4v) is 6.88. The lowest BCUT2D eigenvalue weighted by molar-refractivity contribution is -0.102. The summed E-state index contributed by atoms with van der Waals surface area (Å²) >= 11 is 0. The Bertz CT molecular complexity index is 1500. The minimum absolute atomic E-state index is 0.128. The van der Waals surface area contributed by atoms with Crippen molar-refractivity contribution in [3.8, 4) is 17.0 Å². The Morgan fingerprint density at radius 3 is 2.46 bits per heavy atom. The van der Waals surface area contributed by atoms with E-state index in [-0.39, 0.29) is 24.0 Å². The maximum Gasteiger partial charge on any atom is 0.251 e. The molecule has 2 aromatic heterocycles. The third kappa shape index (κ3) is 5.11. The van der Waals surface area contributed by atoms with E-state index in [1.54, 1.807) is 6.20 Å². The molecule has 2 N–H and O–H groups in total. The highest BCUT2D eigenvalue weighted by Crippen LogP contribution is 2.40. The van der Waals surface area contributed by atoms with Crippen molar-refractivity contribution in [2.75, 3.05) is 13.2 Å². The maximum atomic E-state index is 13.3. The Morgan fingerprint density at radius 1 is 1.02 bits per heavy atom. The summed E-state index contributed by atoms with van der Waals surface area (Å²) in [6.45, 7) is 5.94. The number of amides is 1. The van der Waals surface area contributed by atoms with Gasteiger partial charge in [0.25, 0.3) is 5.91 Å². The van der Waals surface area contributed by atoms with Crippen molar-refractivity contribution < 1.29 is 14.3 Å². The van der Waals surface area contributed by atoms with Gasteiger partial charge in [0, 0.05) is 34.8 Å².